The molecule has 1 heterocycles. The van der Waals surface area contributed by atoms with Gasteiger partial charge >= 0.3 is 0 Å². The van der Waals surface area contributed by atoms with Crippen LogP contribution in [0.3, 0.4) is 0 Å². The molecule has 120 valence electrons. The molecule has 21 heavy (non-hydrogen) atoms. The summed E-state index contributed by atoms with van der Waals surface area (Å²) in [6.45, 7) is 10.1. The minimum atomic E-state index is 0.632. The Balaban J connectivity index is 1.97. The topological polar surface area (TPSA) is 24.9 Å². The van der Waals surface area contributed by atoms with Crippen LogP contribution in [0, 0.1) is 25.7 Å². The van der Waals surface area contributed by atoms with Crippen LogP contribution < -0.4 is 5.32 Å². The molecular weight excluding hydrogens is 276 g/mol. The summed E-state index contributed by atoms with van der Waals surface area (Å²) in [6, 6.07) is 0.632. The number of hydrogen-bond acceptors (Lipinski definition) is 3. The first-order valence-corrected chi connectivity index (χ1v) is 9.61. The molecule has 1 aromatic heterocycles. The van der Waals surface area contributed by atoms with Crippen LogP contribution in [0.2, 0.25) is 0 Å². The van der Waals surface area contributed by atoms with E-state index in [0.717, 1.165) is 24.8 Å². The van der Waals surface area contributed by atoms with Gasteiger partial charge in [0.05, 0.1) is 10.7 Å². The molecule has 0 aromatic carbocycles. The monoisotopic (exact) mass is 308 g/mol. The first-order chi connectivity index (χ1) is 10.1. The Hall–Kier alpha value is -0.410. The Labute approximate surface area is 134 Å². The zero-order chi connectivity index (χ0) is 15.2. The number of aryl methyl sites for hydroxylation is 2. The lowest BCUT2D eigenvalue weighted by Crippen LogP contribution is -2.40. The van der Waals surface area contributed by atoms with E-state index in [1.54, 1.807) is 0 Å². The lowest BCUT2D eigenvalue weighted by atomic mass is 9.77. The smallest absolute Gasteiger partial charge is 0.0946 e. The molecule has 1 aliphatic carbocycles. The van der Waals surface area contributed by atoms with E-state index in [4.69, 9.17) is 4.98 Å². The summed E-state index contributed by atoms with van der Waals surface area (Å²) in [5.41, 5.74) is 1.22. The third-order valence-corrected chi connectivity index (χ3v) is 6.26. The molecule has 1 aliphatic rings. The molecule has 0 amide bonds. The second kappa shape index (κ2) is 8.28. The lowest BCUT2D eigenvalue weighted by Gasteiger charge is -2.34. The summed E-state index contributed by atoms with van der Waals surface area (Å²) in [5, 5.41) is 5.15. The Morgan fingerprint density at radius 3 is 2.43 bits per heavy atom. The lowest BCUT2D eigenvalue weighted by molar-refractivity contribution is 0.216. The largest absolute Gasteiger partial charge is 0.313 e. The van der Waals surface area contributed by atoms with Crippen LogP contribution in [-0.4, -0.2) is 17.6 Å². The Kier molecular flexibility index (Phi) is 6.69. The maximum absolute atomic E-state index is 4.76. The van der Waals surface area contributed by atoms with Crippen molar-refractivity contribution in [3.05, 3.63) is 15.6 Å². The van der Waals surface area contributed by atoms with E-state index < -0.39 is 0 Å². The Morgan fingerprint density at radius 2 is 1.90 bits per heavy atom. The van der Waals surface area contributed by atoms with Crippen molar-refractivity contribution in [2.24, 2.45) is 11.8 Å². The summed E-state index contributed by atoms with van der Waals surface area (Å²) < 4.78 is 0. The van der Waals surface area contributed by atoms with Crippen molar-refractivity contribution in [1.82, 2.24) is 10.3 Å². The number of rotatable bonds is 7. The molecular formula is C18H32N2S. The standard InChI is InChI=1S/C18H32N2S/c1-5-11-19-17(12-18-20-13(3)14(4)21-18)16-9-7-15(6-2)8-10-16/h15-17,19H,5-12H2,1-4H3. The molecule has 0 radical (unpaired) electrons. The van der Waals surface area contributed by atoms with Crippen LogP contribution in [0.1, 0.15) is 68.0 Å². The maximum atomic E-state index is 4.76. The van der Waals surface area contributed by atoms with Gasteiger partial charge in [0, 0.05) is 17.3 Å². The van der Waals surface area contributed by atoms with Gasteiger partial charge in [-0.3, -0.25) is 0 Å². The van der Waals surface area contributed by atoms with Gasteiger partial charge in [-0.1, -0.05) is 33.1 Å². The van der Waals surface area contributed by atoms with Gasteiger partial charge in [0.25, 0.3) is 0 Å². The number of nitrogens with zero attached hydrogens (tertiary/aromatic N) is 1. The van der Waals surface area contributed by atoms with Crippen LogP contribution >= 0.6 is 11.3 Å². The summed E-state index contributed by atoms with van der Waals surface area (Å²) in [7, 11) is 0. The molecule has 2 nitrogen and oxygen atoms in total. The van der Waals surface area contributed by atoms with Gasteiger partial charge in [-0.25, -0.2) is 4.98 Å². The average Bonchev–Trinajstić information content (AvgIpc) is 2.82. The van der Waals surface area contributed by atoms with Crippen LogP contribution in [-0.2, 0) is 6.42 Å². The molecule has 3 heteroatoms. The normalized spacial score (nSPS) is 24.2. The summed E-state index contributed by atoms with van der Waals surface area (Å²) in [4.78, 5) is 6.15. The zero-order valence-electron chi connectivity index (χ0n) is 14.2. The molecule has 0 bridgehead atoms. The van der Waals surface area contributed by atoms with Crippen molar-refractivity contribution in [2.75, 3.05) is 6.54 Å². The fraction of sp³-hybridized carbons (Fsp3) is 0.833. The number of nitrogens with one attached hydrogen (secondary N) is 1. The van der Waals surface area contributed by atoms with Crippen molar-refractivity contribution >= 4 is 11.3 Å². The van der Waals surface area contributed by atoms with Gasteiger partial charge in [0.1, 0.15) is 0 Å². The van der Waals surface area contributed by atoms with E-state index in [9.17, 15) is 0 Å². The van der Waals surface area contributed by atoms with Crippen LogP contribution in [0.5, 0.6) is 0 Å². The van der Waals surface area contributed by atoms with Crippen molar-refractivity contribution in [3.63, 3.8) is 0 Å². The third-order valence-electron chi connectivity index (χ3n) is 5.16. The van der Waals surface area contributed by atoms with Gasteiger partial charge < -0.3 is 5.32 Å². The van der Waals surface area contributed by atoms with E-state index in [0.29, 0.717) is 6.04 Å². The van der Waals surface area contributed by atoms with Gasteiger partial charge in [-0.2, -0.15) is 0 Å². The van der Waals surface area contributed by atoms with Crippen LogP contribution in [0.25, 0.3) is 0 Å². The van der Waals surface area contributed by atoms with Crippen molar-refractivity contribution in [1.29, 1.82) is 0 Å². The number of thiazole rings is 1. The summed E-state index contributed by atoms with van der Waals surface area (Å²) in [6.07, 6.45) is 9.39. The minimum absolute atomic E-state index is 0.632. The molecule has 0 saturated heterocycles. The van der Waals surface area contributed by atoms with E-state index in [1.807, 2.05) is 11.3 Å². The van der Waals surface area contributed by atoms with E-state index in [1.165, 1.54) is 54.1 Å². The van der Waals surface area contributed by atoms with Crippen molar-refractivity contribution < 1.29 is 0 Å². The van der Waals surface area contributed by atoms with Crippen molar-refractivity contribution in [3.8, 4) is 0 Å². The summed E-state index contributed by atoms with van der Waals surface area (Å²) >= 11 is 1.89. The highest BCUT2D eigenvalue weighted by Crippen LogP contribution is 2.34. The van der Waals surface area contributed by atoms with Gasteiger partial charge in [0.15, 0.2) is 0 Å². The Morgan fingerprint density at radius 1 is 1.19 bits per heavy atom. The number of aromatic nitrogens is 1. The molecule has 1 fully saturated rings. The van der Waals surface area contributed by atoms with Crippen LogP contribution in [0.15, 0.2) is 0 Å². The third kappa shape index (κ3) is 4.79. The second-order valence-electron chi connectivity index (χ2n) is 6.70. The fourth-order valence-corrected chi connectivity index (χ4v) is 4.54. The molecule has 1 atom stereocenters. The molecule has 1 aromatic rings. The highest BCUT2D eigenvalue weighted by atomic mass is 32.1. The SMILES string of the molecule is CCCNC(Cc1nc(C)c(C)s1)C1CCC(CC)CC1. The summed E-state index contributed by atoms with van der Waals surface area (Å²) in [5.74, 6) is 1.83. The maximum Gasteiger partial charge on any atom is 0.0946 e. The van der Waals surface area contributed by atoms with E-state index in [2.05, 4.69) is 33.0 Å². The molecule has 1 N–H and O–H groups in total. The van der Waals surface area contributed by atoms with Crippen LogP contribution in [0.4, 0.5) is 0 Å². The first-order valence-electron chi connectivity index (χ1n) is 8.80. The Bertz CT molecular complexity index is 399. The predicted molar refractivity (Wildman–Crippen MR) is 93.1 cm³/mol. The highest BCUT2D eigenvalue weighted by Gasteiger charge is 2.27. The second-order valence-corrected chi connectivity index (χ2v) is 7.99. The van der Waals surface area contributed by atoms with Gasteiger partial charge in [-0.15, -0.1) is 11.3 Å². The predicted octanol–water partition coefficient (Wildman–Crippen LogP) is 4.89. The fourth-order valence-electron chi connectivity index (χ4n) is 3.55. The molecule has 2 rings (SSSR count). The first kappa shape index (κ1) is 17.0. The van der Waals surface area contributed by atoms with Gasteiger partial charge in [-0.05, 0) is 51.5 Å². The molecule has 0 aliphatic heterocycles. The molecule has 0 spiro atoms. The zero-order valence-corrected chi connectivity index (χ0v) is 15.1. The van der Waals surface area contributed by atoms with Crippen molar-refractivity contribution in [2.45, 2.75) is 78.7 Å². The minimum Gasteiger partial charge on any atom is -0.313 e. The van der Waals surface area contributed by atoms with E-state index >= 15 is 0 Å². The molecule has 1 unspecified atom stereocenters. The quantitative estimate of drug-likeness (QED) is 0.776. The molecule has 1 saturated carbocycles. The van der Waals surface area contributed by atoms with Gasteiger partial charge in [0.2, 0.25) is 0 Å². The highest BCUT2D eigenvalue weighted by molar-refractivity contribution is 7.11. The number of hydrogen-bond donors (Lipinski definition) is 1. The van der Waals surface area contributed by atoms with E-state index in [-0.39, 0.29) is 0 Å². The average molecular weight is 309 g/mol.